The number of rotatable bonds is 6. The molecule has 1 aliphatic rings. The summed E-state index contributed by atoms with van der Waals surface area (Å²) in [4.78, 5) is 30.6. The molecular weight excluding hydrogens is 528 g/mol. The molecule has 9 heteroatoms. The molecule has 0 amide bonds. The largest absolute Gasteiger partial charge is 0.457 e. The van der Waals surface area contributed by atoms with Crippen LogP contribution in [0.3, 0.4) is 0 Å². The van der Waals surface area contributed by atoms with Gasteiger partial charge < -0.3 is 19.1 Å². The van der Waals surface area contributed by atoms with Crippen LogP contribution in [0.15, 0.2) is 71.7 Å². The van der Waals surface area contributed by atoms with Gasteiger partial charge >= 0.3 is 5.97 Å². The number of pyridine rings is 1. The predicted octanol–water partition coefficient (Wildman–Crippen LogP) is 5.60. The molecule has 5 rings (SSSR count). The van der Waals surface area contributed by atoms with Crippen LogP contribution in [0, 0.1) is 5.82 Å². The van der Waals surface area contributed by atoms with Gasteiger partial charge in [-0.25, -0.2) is 9.18 Å². The number of benzene rings is 3. The van der Waals surface area contributed by atoms with Gasteiger partial charge in [-0.1, -0.05) is 47.5 Å². The van der Waals surface area contributed by atoms with E-state index in [9.17, 15) is 9.59 Å². The lowest BCUT2D eigenvalue weighted by Crippen LogP contribution is -2.44. The summed E-state index contributed by atoms with van der Waals surface area (Å²) in [5, 5.41) is 1.29. The van der Waals surface area contributed by atoms with Gasteiger partial charge in [0.15, 0.2) is 0 Å². The van der Waals surface area contributed by atoms with Gasteiger partial charge in [-0.15, -0.1) is 0 Å². The van der Waals surface area contributed by atoms with Crippen molar-refractivity contribution in [2.24, 2.45) is 0 Å². The topological polar surface area (TPSA) is 54.8 Å². The minimum atomic E-state index is -0.778. The molecule has 0 bridgehead atoms. The molecule has 196 valence electrons. The van der Waals surface area contributed by atoms with Gasteiger partial charge in [0.2, 0.25) is 5.43 Å². The van der Waals surface area contributed by atoms with Crippen LogP contribution in [0.2, 0.25) is 10.0 Å². The number of esters is 1. The lowest BCUT2D eigenvalue weighted by molar-refractivity contribution is 0.0470. The molecule has 1 fully saturated rings. The second kappa shape index (κ2) is 11.2. The van der Waals surface area contributed by atoms with E-state index in [1.807, 2.05) is 24.1 Å². The number of hydrogen-bond acceptors (Lipinski definition) is 5. The quantitative estimate of drug-likeness (QED) is 0.291. The highest BCUT2D eigenvalue weighted by Gasteiger charge is 2.22. The Kier molecular flexibility index (Phi) is 7.70. The number of carbonyl (C=O) groups excluding carboxylic acids is 1. The number of hydrogen-bond donors (Lipinski definition) is 0. The molecule has 0 saturated carbocycles. The molecule has 1 aliphatic heterocycles. The monoisotopic (exact) mass is 553 g/mol. The third-order valence-electron chi connectivity index (χ3n) is 6.76. The maximum Gasteiger partial charge on any atom is 0.343 e. The van der Waals surface area contributed by atoms with Crippen molar-refractivity contribution in [3.8, 4) is 0 Å². The van der Waals surface area contributed by atoms with E-state index in [1.54, 1.807) is 47.0 Å². The number of carbonyl (C=O) groups is 1. The van der Waals surface area contributed by atoms with E-state index < -0.39 is 17.2 Å². The van der Waals surface area contributed by atoms with E-state index in [0.717, 1.165) is 24.2 Å². The van der Waals surface area contributed by atoms with E-state index in [1.165, 1.54) is 12.3 Å². The maximum absolute atomic E-state index is 15.4. The smallest absolute Gasteiger partial charge is 0.343 e. The molecule has 1 saturated heterocycles. The van der Waals surface area contributed by atoms with Crippen LogP contribution in [-0.4, -0.2) is 48.7 Å². The van der Waals surface area contributed by atoms with Crippen LogP contribution in [0.5, 0.6) is 0 Å². The predicted molar refractivity (Wildman–Crippen MR) is 149 cm³/mol. The van der Waals surface area contributed by atoms with Gasteiger partial charge in [0.05, 0.1) is 11.2 Å². The van der Waals surface area contributed by atoms with Crippen molar-refractivity contribution in [2.45, 2.75) is 13.2 Å². The minimum Gasteiger partial charge on any atom is -0.457 e. The molecule has 0 N–H and O–H groups in total. The molecule has 0 spiro atoms. The lowest BCUT2D eigenvalue weighted by atomic mass is 10.1. The van der Waals surface area contributed by atoms with E-state index in [4.69, 9.17) is 27.9 Å². The maximum atomic E-state index is 15.4. The Morgan fingerprint density at radius 1 is 0.921 bits per heavy atom. The molecule has 0 unspecified atom stereocenters. The van der Waals surface area contributed by atoms with Gasteiger partial charge in [-0.05, 0) is 54.6 Å². The molecule has 1 aromatic heterocycles. The van der Waals surface area contributed by atoms with E-state index in [0.29, 0.717) is 40.9 Å². The van der Waals surface area contributed by atoms with Crippen LogP contribution < -0.4 is 10.3 Å². The lowest BCUT2D eigenvalue weighted by Gasteiger charge is -2.34. The molecule has 3 aromatic carbocycles. The number of anilines is 1. The Morgan fingerprint density at radius 3 is 2.16 bits per heavy atom. The summed E-state index contributed by atoms with van der Waals surface area (Å²) in [6.07, 6.45) is 1.50. The van der Waals surface area contributed by atoms with E-state index in [-0.39, 0.29) is 17.6 Å². The van der Waals surface area contributed by atoms with Crippen LogP contribution in [0.4, 0.5) is 10.1 Å². The van der Waals surface area contributed by atoms with Crippen molar-refractivity contribution in [2.75, 3.05) is 38.1 Å². The molecule has 2 heterocycles. The standard InChI is InChI=1S/C29H26Cl2FN3O3/c1-33-10-12-34(13-11-33)27-15-26-23(14-25(27)32)28(36)24(17-35(26)16-19-2-6-21(30)7-3-19)29(37)38-18-20-4-8-22(31)9-5-20/h2-9,14-15,17H,10-13,16,18H2,1H3. The van der Waals surface area contributed by atoms with Crippen LogP contribution in [0.1, 0.15) is 21.5 Å². The fraction of sp³-hybridized carbons (Fsp3) is 0.241. The number of halogens is 3. The second-order valence-electron chi connectivity index (χ2n) is 9.44. The molecular formula is C29H26Cl2FN3O3. The summed E-state index contributed by atoms with van der Waals surface area (Å²) in [5.74, 6) is -1.27. The van der Waals surface area contributed by atoms with E-state index in [2.05, 4.69) is 4.90 Å². The Labute approximate surface area is 229 Å². The Hall–Kier alpha value is -3.39. The third-order valence-corrected chi connectivity index (χ3v) is 7.27. The van der Waals surface area contributed by atoms with E-state index >= 15 is 4.39 Å². The Bertz CT molecular complexity index is 1530. The average Bonchev–Trinajstić information content (AvgIpc) is 2.91. The molecule has 4 aromatic rings. The Morgan fingerprint density at radius 2 is 1.53 bits per heavy atom. The zero-order valence-electron chi connectivity index (χ0n) is 20.8. The summed E-state index contributed by atoms with van der Waals surface area (Å²) in [6, 6.07) is 17.1. The van der Waals surface area contributed by atoms with Gasteiger partial charge in [0.25, 0.3) is 0 Å². The first-order chi connectivity index (χ1) is 18.3. The molecule has 6 nitrogen and oxygen atoms in total. The van der Waals surface area contributed by atoms with Crippen molar-refractivity contribution in [1.29, 1.82) is 0 Å². The van der Waals surface area contributed by atoms with Crippen molar-refractivity contribution in [1.82, 2.24) is 9.47 Å². The van der Waals surface area contributed by atoms with Crippen LogP contribution in [-0.2, 0) is 17.9 Å². The molecule has 0 atom stereocenters. The van der Waals surface area contributed by atoms with Gasteiger partial charge in [0.1, 0.15) is 18.0 Å². The van der Waals surface area contributed by atoms with Crippen LogP contribution in [0.25, 0.3) is 10.9 Å². The highest BCUT2D eigenvalue weighted by molar-refractivity contribution is 6.30. The number of aromatic nitrogens is 1. The summed E-state index contributed by atoms with van der Waals surface area (Å²) < 4.78 is 22.6. The van der Waals surface area contributed by atoms with Gasteiger partial charge in [-0.2, -0.15) is 0 Å². The highest BCUT2D eigenvalue weighted by atomic mass is 35.5. The van der Waals surface area contributed by atoms with Crippen molar-refractivity contribution in [3.63, 3.8) is 0 Å². The molecule has 38 heavy (non-hydrogen) atoms. The van der Waals surface area contributed by atoms with Gasteiger partial charge in [-0.3, -0.25) is 4.79 Å². The van der Waals surface area contributed by atoms with Crippen molar-refractivity contribution >= 4 is 45.8 Å². The number of ether oxygens (including phenoxy) is 1. The SMILES string of the molecule is CN1CCN(c2cc3c(cc2F)c(=O)c(C(=O)OCc2ccc(Cl)cc2)cn3Cc2ccc(Cl)cc2)CC1. The summed E-state index contributed by atoms with van der Waals surface area (Å²) in [5.41, 5.74) is 1.88. The van der Waals surface area contributed by atoms with Crippen LogP contribution >= 0.6 is 23.2 Å². The average molecular weight is 554 g/mol. The summed E-state index contributed by atoms with van der Waals surface area (Å²) in [7, 11) is 2.03. The number of nitrogens with zero attached hydrogens (tertiary/aromatic N) is 3. The number of fused-ring (bicyclic) bond motifs is 1. The number of likely N-dealkylation sites (N-methyl/N-ethyl adjacent to an activating group) is 1. The first-order valence-electron chi connectivity index (χ1n) is 12.2. The molecule has 0 radical (unpaired) electrons. The zero-order valence-corrected chi connectivity index (χ0v) is 22.3. The fourth-order valence-corrected chi connectivity index (χ4v) is 4.81. The highest BCUT2D eigenvalue weighted by Crippen LogP contribution is 2.27. The fourth-order valence-electron chi connectivity index (χ4n) is 4.56. The minimum absolute atomic E-state index is 0.0264. The number of piperazine rings is 1. The summed E-state index contributed by atoms with van der Waals surface area (Å²) >= 11 is 12.0. The van der Waals surface area contributed by atoms with Gasteiger partial charge in [0, 0.05) is 54.4 Å². The molecule has 0 aliphatic carbocycles. The zero-order chi connectivity index (χ0) is 26.8. The normalized spacial score (nSPS) is 14.2. The first kappa shape index (κ1) is 26.2. The van der Waals surface area contributed by atoms with Crippen molar-refractivity contribution in [3.05, 3.63) is 110 Å². The third kappa shape index (κ3) is 5.70. The van der Waals surface area contributed by atoms with Crippen molar-refractivity contribution < 1.29 is 13.9 Å². The summed E-state index contributed by atoms with van der Waals surface area (Å²) in [6.45, 7) is 3.30. The Balaban J connectivity index is 1.55. The first-order valence-corrected chi connectivity index (χ1v) is 13.0. The second-order valence-corrected chi connectivity index (χ2v) is 10.3.